The van der Waals surface area contributed by atoms with Gasteiger partial charge in [-0.25, -0.2) is 10.2 Å². The van der Waals surface area contributed by atoms with Crippen molar-refractivity contribution in [1.82, 2.24) is 5.43 Å². The summed E-state index contributed by atoms with van der Waals surface area (Å²) in [6.45, 7) is 5.31. The SMILES string of the molecule is CC(C)(C)OC(=O)N/N=C/c1c(O)ccc2ccccc12. The number of phenols is 1. The minimum absolute atomic E-state index is 0.100. The standard InChI is InChI=1S/C16H18N2O3/c1-16(2,3)21-15(20)18-17-10-13-12-7-5-4-6-11(12)8-9-14(13)19/h4-10,19H,1-3H3,(H,18,20)/b17-10+. The molecule has 2 rings (SSSR count). The van der Waals surface area contributed by atoms with Crippen molar-refractivity contribution in [3.05, 3.63) is 42.0 Å². The number of carbonyl (C=O) groups excluding carboxylic acids is 1. The Morgan fingerprint density at radius 1 is 1.24 bits per heavy atom. The average Bonchev–Trinajstić information content (AvgIpc) is 2.39. The monoisotopic (exact) mass is 286 g/mol. The van der Waals surface area contributed by atoms with Gasteiger partial charge in [-0.1, -0.05) is 30.3 Å². The van der Waals surface area contributed by atoms with Gasteiger partial charge in [-0.3, -0.25) is 0 Å². The number of hydrogen-bond acceptors (Lipinski definition) is 4. The molecule has 2 N–H and O–H groups in total. The van der Waals surface area contributed by atoms with Gasteiger partial charge < -0.3 is 9.84 Å². The van der Waals surface area contributed by atoms with Crippen molar-refractivity contribution in [2.24, 2.45) is 5.10 Å². The molecule has 0 aliphatic carbocycles. The molecule has 1 amide bonds. The number of hydrogen-bond donors (Lipinski definition) is 2. The summed E-state index contributed by atoms with van der Waals surface area (Å²) in [6, 6.07) is 11.0. The van der Waals surface area contributed by atoms with Crippen LogP contribution in [0.15, 0.2) is 41.5 Å². The van der Waals surface area contributed by atoms with Gasteiger partial charge >= 0.3 is 6.09 Å². The van der Waals surface area contributed by atoms with E-state index in [0.717, 1.165) is 10.8 Å². The van der Waals surface area contributed by atoms with E-state index in [2.05, 4.69) is 10.5 Å². The quantitative estimate of drug-likeness (QED) is 0.656. The van der Waals surface area contributed by atoms with Crippen LogP contribution in [0.2, 0.25) is 0 Å². The molecule has 0 radical (unpaired) electrons. The van der Waals surface area contributed by atoms with E-state index in [1.165, 1.54) is 6.21 Å². The summed E-state index contributed by atoms with van der Waals surface area (Å²) in [5.74, 6) is 0.100. The smallest absolute Gasteiger partial charge is 0.428 e. The molecule has 0 spiro atoms. The summed E-state index contributed by atoms with van der Waals surface area (Å²) < 4.78 is 5.07. The average molecular weight is 286 g/mol. The van der Waals surface area contributed by atoms with Crippen molar-refractivity contribution in [3.63, 3.8) is 0 Å². The van der Waals surface area contributed by atoms with Crippen LogP contribution in [-0.2, 0) is 4.74 Å². The predicted octanol–water partition coefficient (Wildman–Crippen LogP) is 3.40. The third-order valence-electron chi connectivity index (χ3n) is 2.70. The van der Waals surface area contributed by atoms with Crippen LogP contribution in [0, 0.1) is 0 Å². The summed E-state index contributed by atoms with van der Waals surface area (Å²) in [4.78, 5) is 11.5. The lowest BCUT2D eigenvalue weighted by Gasteiger charge is -2.18. The maximum Gasteiger partial charge on any atom is 0.428 e. The first-order chi connectivity index (χ1) is 9.87. The lowest BCUT2D eigenvalue weighted by Crippen LogP contribution is -2.29. The molecule has 0 aliphatic rings. The molecule has 0 saturated carbocycles. The molecule has 2 aromatic carbocycles. The molecule has 0 unspecified atom stereocenters. The summed E-state index contributed by atoms with van der Waals surface area (Å²) in [5, 5.41) is 15.6. The number of fused-ring (bicyclic) bond motifs is 1. The largest absolute Gasteiger partial charge is 0.507 e. The Labute approximate surface area is 123 Å². The molecule has 0 bridgehead atoms. The van der Waals surface area contributed by atoms with Crippen LogP contribution in [0.3, 0.4) is 0 Å². The molecule has 0 aromatic heterocycles. The predicted molar refractivity (Wildman–Crippen MR) is 82.6 cm³/mol. The number of rotatable bonds is 2. The second kappa shape index (κ2) is 5.83. The van der Waals surface area contributed by atoms with Crippen molar-refractivity contribution in [2.75, 3.05) is 0 Å². The Hall–Kier alpha value is -2.56. The number of nitrogens with one attached hydrogen (secondary N) is 1. The third-order valence-corrected chi connectivity index (χ3v) is 2.70. The molecule has 0 aliphatic heterocycles. The van der Waals surface area contributed by atoms with Crippen LogP contribution in [0.1, 0.15) is 26.3 Å². The molecule has 0 saturated heterocycles. The van der Waals surface area contributed by atoms with Crippen LogP contribution >= 0.6 is 0 Å². The molecule has 110 valence electrons. The molecular weight excluding hydrogens is 268 g/mol. The van der Waals surface area contributed by atoms with Crippen molar-refractivity contribution in [1.29, 1.82) is 0 Å². The van der Waals surface area contributed by atoms with E-state index < -0.39 is 11.7 Å². The van der Waals surface area contributed by atoms with Crippen molar-refractivity contribution in [2.45, 2.75) is 26.4 Å². The van der Waals surface area contributed by atoms with Gasteiger partial charge in [0.2, 0.25) is 0 Å². The van der Waals surface area contributed by atoms with E-state index in [9.17, 15) is 9.90 Å². The zero-order valence-electron chi connectivity index (χ0n) is 12.3. The summed E-state index contributed by atoms with van der Waals surface area (Å²) in [5.41, 5.74) is 2.24. The Balaban J connectivity index is 2.18. The fourth-order valence-electron chi connectivity index (χ4n) is 1.87. The minimum atomic E-state index is -0.640. The fourth-order valence-corrected chi connectivity index (χ4v) is 1.87. The molecular formula is C16H18N2O3. The Kier molecular flexibility index (Phi) is 4.12. The van der Waals surface area contributed by atoms with E-state index in [-0.39, 0.29) is 5.75 Å². The number of aromatic hydroxyl groups is 1. The number of benzene rings is 2. The molecule has 0 heterocycles. The Morgan fingerprint density at radius 2 is 1.95 bits per heavy atom. The van der Waals surface area contributed by atoms with E-state index in [4.69, 9.17) is 4.74 Å². The summed E-state index contributed by atoms with van der Waals surface area (Å²) in [7, 11) is 0. The van der Waals surface area contributed by atoms with Crippen LogP contribution in [0.5, 0.6) is 5.75 Å². The molecule has 0 fully saturated rings. The van der Waals surface area contributed by atoms with Crippen LogP contribution in [-0.4, -0.2) is 23.0 Å². The number of carbonyl (C=O) groups is 1. The molecule has 21 heavy (non-hydrogen) atoms. The number of phenolic OH excluding ortho intramolecular Hbond substituents is 1. The van der Waals surface area contributed by atoms with Crippen molar-refractivity contribution < 1.29 is 14.6 Å². The number of amides is 1. The van der Waals surface area contributed by atoms with Gasteiger partial charge in [0.1, 0.15) is 11.4 Å². The van der Waals surface area contributed by atoms with E-state index in [1.807, 2.05) is 30.3 Å². The first-order valence-corrected chi connectivity index (χ1v) is 6.59. The number of ether oxygens (including phenoxy) is 1. The highest BCUT2D eigenvalue weighted by Gasteiger charge is 2.15. The Bertz CT molecular complexity index is 687. The topological polar surface area (TPSA) is 70.9 Å². The first kappa shape index (κ1) is 14.8. The van der Waals surface area contributed by atoms with E-state index >= 15 is 0 Å². The first-order valence-electron chi connectivity index (χ1n) is 6.59. The second-order valence-corrected chi connectivity index (χ2v) is 5.59. The molecule has 0 atom stereocenters. The van der Waals surface area contributed by atoms with Gasteiger partial charge in [0.25, 0.3) is 0 Å². The molecule has 5 heteroatoms. The van der Waals surface area contributed by atoms with Crippen molar-refractivity contribution >= 4 is 23.1 Å². The van der Waals surface area contributed by atoms with Crippen molar-refractivity contribution in [3.8, 4) is 5.75 Å². The second-order valence-electron chi connectivity index (χ2n) is 5.59. The highest BCUT2D eigenvalue weighted by molar-refractivity contribution is 6.02. The molecule has 2 aromatic rings. The highest BCUT2D eigenvalue weighted by atomic mass is 16.6. The Morgan fingerprint density at radius 3 is 2.67 bits per heavy atom. The maximum atomic E-state index is 11.5. The van der Waals surface area contributed by atoms with Gasteiger partial charge in [-0.2, -0.15) is 5.10 Å². The van der Waals surface area contributed by atoms with Gasteiger partial charge in [0.15, 0.2) is 0 Å². The molecule has 5 nitrogen and oxygen atoms in total. The number of nitrogens with zero attached hydrogens (tertiary/aromatic N) is 1. The van der Waals surface area contributed by atoms with Gasteiger partial charge in [0, 0.05) is 5.56 Å². The zero-order valence-corrected chi connectivity index (χ0v) is 12.3. The van der Waals surface area contributed by atoms with Gasteiger partial charge in [0.05, 0.1) is 6.21 Å². The van der Waals surface area contributed by atoms with Gasteiger partial charge in [-0.05, 0) is 37.6 Å². The van der Waals surface area contributed by atoms with Crippen LogP contribution < -0.4 is 5.43 Å². The number of hydrazone groups is 1. The summed E-state index contributed by atoms with van der Waals surface area (Å²) in [6.07, 6.45) is 0.764. The van der Waals surface area contributed by atoms with Crippen LogP contribution in [0.25, 0.3) is 10.8 Å². The lowest BCUT2D eigenvalue weighted by atomic mass is 10.0. The highest BCUT2D eigenvalue weighted by Crippen LogP contribution is 2.25. The van der Waals surface area contributed by atoms with E-state index in [1.54, 1.807) is 26.8 Å². The van der Waals surface area contributed by atoms with Gasteiger partial charge in [-0.15, -0.1) is 0 Å². The summed E-state index contributed by atoms with van der Waals surface area (Å²) >= 11 is 0. The van der Waals surface area contributed by atoms with E-state index in [0.29, 0.717) is 5.56 Å². The normalized spacial score (nSPS) is 11.8. The van der Waals surface area contributed by atoms with Crippen LogP contribution in [0.4, 0.5) is 4.79 Å². The fraction of sp³-hybridized carbons (Fsp3) is 0.250. The lowest BCUT2D eigenvalue weighted by molar-refractivity contribution is 0.0529. The zero-order chi connectivity index (χ0) is 15.5. The minimum Gasteiger partial charge on any atom is -0.507 e. The third kappa shape index (κ3) is 3.95. The maximum absolute atomic E-state index is 11.5.